The van der Waals surface area contributed by atoms with Gasteiger partial charge in [0, 0.05) is 16.0 Å². The maximum Gasteiger partial charge on any atom is 0.183 e. The second-order valence-corrected chi connectivity index (χ2v) is 5.11. The highest BCUT2D eigenvalue weighted by atomic mass is 79.9. The number of nitrogens with zero attached hydrogens (tertiary/aromatic N) is 1. The number of thiazole rings is 1. The van der Waals surface area contributed by atoms with Crippen LogP contribution in [0.3, 0.4) is 0 Å². The standard InChI is InChI=1S/C9H8BrClN2S/c1-2-12-9-13-8-6(10)3-5(11)4-7(8)14-9/h3-4H,2H2,1H3,(H,12,13). The van der Waals surface area contributed by atoms with E-state index in [1.807, 2.05) is 19.1 Å². The molecule has 2 aromatic rings. The number of nitrogens with one attached hydrogen (secondary N) is 1. The van der Waals surface area contributed by atoms with E-state index >= 15 is 0 Å². The molecule has 2 nitrogen and oxygen atoms in total. The fourth-order valence-corrected chi connectivity index (χ4v) is 3.28. The van der Waals surface area contributed by atoms with Gasteiger partial charge in [0.1, 0.15) is 0 Å². The minimum atomic E-state index is 0.732. The van der Waals surface area contributed by atoms with Gasteiger partial charge in [0.25, 0.3) is 0 Å². The Bertz CT molecular complexity index is 469. The third kappa shape index (κ3) is 1.87. The van der Waals surface area contributed by atoms with Gasteiger partial charge >= 0.3 is 0 Å². The van der Waals surface area contributed by atoms with Gasteiger partial charge < -0.3 is 5.32 Å². The van der Waals surface area contributed by atoms with E-state index in [9.17, 15) is 0 Å². The van der Waals surface area contributed by atoms with E-state index in [2.05, 4.69) is 26.2 Å². The number of hydrogen-bond donors (Lipinski definition) is 1. The number of anilines is 1. The van der Waals surface area contributed by atoms with E-state index in [1.54, 1.807) is 11.3 Å². The van der Waals surface area contributed by atoms with Crippen LogP contribution in [0.4, 0.5) is 5.13 Å². The van der Waals surface area contributed by atoms with Crippen molar-refractivity contribution in [3.8, 4) is 0 Å². The number of fused-ring (bicyclic) bond motifs is 1. The second kappa shape index (κ2) is 4.04. The molecule has 0 bridgehead atoms. The molecule has 0 unspecified atom stereocenters. The largest absolute Gasteiger partial charge is 0.362 e. The summed E-state index contributed by atoms with van der Waals surface area (Å²) >= 11 is 11.0. The molecule has 5 heteroatoms. The summed E-state index contributed by atoms with van der Waals surface area (Å²) < 4.78 is 2.04. The zero-order valence-corrected chi connectivity index (χ0v) is 10.6. The summed E-state index contributed by atoms with van der Waals surface area (Å²) in [5.41, 5.74) is 0.968. The van der Waals surface area contributed by atoms with Crippen LogP contribution in [-0.4, -0.2) is 11.5 Å². The molecule has 14 heavy (non-hydrogen) atoms. The van der Waals surface area contributed by atoms with E-state index in [0.717, 1.165) is 31.4 Å². The SMILES string of the molecule is CCNc1nc2c(Br)cc(Cl)cc2s1. The van der Waals surface area contributed by atoms with E-state index < -0.39 is 0 Å². The Hall–Kier alpha value is -0.320. The molecule has 1 heterocycles. The number of benzene rings is 1. The number of aromatic nitrogens is 1. The molecule has 0 saturated carbocycles. The summed E-state index contributed by atoms with van der Waals surface area (Å²) in [7, 11) is 0. The molecule has 74 valence electrons. The van der Waals surface area contributed by atoms with Crippen LogP contribution in [0.25, 0.3) is 10.2 Å². The van der Waals surface area contributed by atoms with Crippen LogP contribution in [0.15, 0.2) is 16.6 Å². The molecule has 0 amide bonds. The first-order chi connectivity index (χ1) is 6.70. The maximum absolute atomic E-state index is 5.94. The average Bonchev–Trinajstić information content (AvgIpc) is 2.48. The van der Waals surface area contributed by atoms with E-state index in [0.29, 0.717) is 0 Å². The van der Waals surface area contributed by atoms with Crippen LogP contribution in [-0.2, 0) is 0 Å². The molecule has 2 rings (SSSR count). The second-order valence-electron chi connectivity index (χ2n) is 2.78. The minimum Gasteiger partial charge on any atom is -0.362 e. The van der Waals surface area contributed by atoms with Crippen LogP contribution in [0.2, 0.25) is 5.02 Å². The van der Waals surface area contributed by atoms with Crippen molar-refractivity contribution in [1.82, 2.24) is 4.98 Å². The Balaban J connectivity index is 2.58. The fraction of sp³-hybridized carbons (Fsp3) is 0.222. The van der Waals surface area contributed by atoms with Crippen molar-refractivity contribution in [2.75, 3.05) is 11.9 Å². The maximum atomic E-state index is 5.94. The number of halogens is 2. The molecule has 0 atom stereocenters. The molecule has 0 aliphatic carbocycles. The lowest BCUT2D eigenvalue weighted by Crippen LogP contribution is -1.94. The van der Waals surface area contributed by atoms with Gasteiger partial charge in [0.05, 0.1) is 10.2 Å². The molecule has 0 spiro atoms. The lowest BCUT2D eigenvalue weighted by Gasteiger charge is -1.93. The zero-order chi connectivity index (χ0) is 10.1. The Morgan fingerprint density at radius 1 is 1.57 bits per heavy atom. The van der Waals surface area contributed by atoms with Crippen molar-refractivity contribution in [1.29, 1.82) is 0 Å². The summed E-state index contributed by atoms with van der Waals surface area (Å²) in [4.78, 5) is 4.44. The van der Waals surface area contributed by atoms with Crippen molar-refractivity contribution in [3.05, 3.63) is 21.6 Å². The van der Waals surface area contributed by atoms with Crippen LogP contribution in [0, 0.1) is 0 Å². The quantitative estimate of drug-likeness (QED) is 0.899. The van der Waals surface area contributed by atoms with Crippen molar-refractivity contribution in [3.63, 3.8) is 0 Å². The van der Waals surface area contributed by atoms with Gasteiger partial charge in [-0.25, -0.2) is 4.98 Å². The molecule has 0 radical (unpaired) electrons. The average molecular weight is 292 g/mol. The Morgan fingerprint density at radius 2 is 2.36 bits per heavy atom. The Labute approximate surface area is 99.4 Å². The van der Waals surface area contributed by atoms with Crippen molar-refractivity contribution < 1.29 is 0 Å². The predicted molar refractivity (Wildman–Crippen MR) is 66.5 cm³/mol. The molecule has 0 saturated heterocycles. The third-order valence-electron chi connectivity index (χ3n) is 1.74. The van der Waals surface area contributed by atoms with Crippen LogP contribution >= 0.6 is 38.9 Å². The minimum absolute atomic E-state index is 0.732. The molecule has 1 N–H and O–H groups in total. The Kier molecular flexibility index (Phi) is 2.95. The Morgan fingerprint density at radius 3 is 3.07 bits per heavy atom. The molecule has 1 aromatic heterocycles. The summed E-state index contributed by atoms with van der Waals surface area (Å²) in [5.74, 6) is 0. The molecule has 0 aliphatic rings. The van der Waals surface area contributed by atoms with Crippen molar-refractivity contribution in [2.45, 2.75) is 6.92 Å². The summed E-state index contributed by atoms with van der Waals surface area (Å²) in [6.07, 6.45) is 0. The number of hydrogen-bond acceptors (Lipinski definition) is 3. The highest BCUT2D eigenvalue weighted by molar-refractivity contribution is 9.10. The smallest absolute Gasteiger partial charge is 0.183 e. The first-order valence-electron chi connectivity index (χ1n) is 4.20. The van der Waals surface area contributed by atoms with Gasteiger partial charge in [-0.3, -0.25) is 0 Å². The van der Waals surface area contributed by atoms with Gasteiger partial charge in [0.2, 0.25) is 0 Å². The first kappa shape index (κ1) is 10.2. The number of rotatable bonds is 2. The van der Waals surface area contributed by atoms with Gasteiger partial charge in [-0.2, -0.15) is 0 Å². The first-order valence-corrected chi connectivity index (χ1v) is 6.19. The van der Waals surface area contributed by atoms with E-state index in [4.69, 9.17) is 11.6 Å². The predicted octanol–water partition coefficient (Wildman–Crippen LogP) is 4.14. The van der Waals surface area contributed by atoms with Crippen molar-refractivity contribution in [2.24, 2.45) is 0 Å². The van der Waals surface area contributed by atoms with E-state index in [-0.39, 0.29) is 0 Å². The van der Waals surface area contributed by atoms with Crippen LogP contribution in [0.5, 0.6) is 0 Å². The van der Waals surface area contributed by atoms with Crippen LogP contribution < -0.4 is 5.32 Å². The van der Waals surface area contributed by atoms with Gasteiger partial charge in [-0.1, -0.05) is 22.9 Å². The van der Waals surface area contributed by atoms with Crippen molar-refractivity contribution >= 4 is 54.2 Å². The summed E-state index contributed by atoms with van der Waals surface area (Å²) in [5, 5.41) is 4.86. The topological polar surface area (TPSA) is 24.9 Å². The van der Waals surface area contributed by atoms with Gasteiger partial charge in [-0.05, 0) is 35.0 Å². The monoisotopic (exact) mass is 290 g/mol. The normalized spacial score (nSPS) is 10.8. The van der Waals surface area contributed by atoms with E-state index in [1.165, 1.54) is 0 Å². The van der Waals surface area contributed by atoms with Crippen LogP contribution in [0.1, 0.15) is 6.92 Å². The zero-order valence-electron chi connectivity index (χ0n) is 7.47. The fourth-order valence-electron chi connectivity index (χ4n) is 1.18. The lowest BCUT2D eigenvalue weighted by atomic mass is 10.3. The lowest BCUT2D eigenvalue weighted by molar-refractivity contribution is 1.20. The summed E-state index contributed by atoms with van der Waals surface area (Å²) in [6.45, 7) is 2.93. The third-order valence-corrected chi connectivity index (χ3v) is 3.52. The molecule has 0 fully saturated rings. The van der Waals surface area contributed by atoms with Gasteiger partial charge in [0.15, 0.2) is 5.13 Å². The molecule has 1 aromatic carbocycles. The summed E-state index contributed by atoms with van der Waals surface area (Å²) in [6, 6.07) is 3.79. The van der Waals surface area contributed by atoms with Gasteiger partial charge in [-0.15, -0.1) is 0 Å². The highest BCUT2D eigenvalue weighted by Gasteiger charge is 2.07. The molecule has 0 aliphatic heterocycles. The molecular formula is C9H8BrClN2S. The highest BCUT2D eigenvalue weighted by Crippen LogP contribution is 2.33. The molecular weight excluding hydrogens is 284 g/mol.